The molecule has 1 N–H and O–H groups in total. The number of nitrogens with zero attached hydrogens (tertiary/aromatic N) is 2. The topological polar surface area (TPSA) is 67.1 Å². The van der Waals surface area contributed by atoms with Crippen LogP contribution >= 0.6 is 0 Å². The standard InChI is InChI=1S/C12H19N3O3/c1-4-17-12(13-7-8-15(2)3)14-11(16)10-6-5-9-18-10/h5-6,9H,4,7-8H2,1-3H3,(H,13,14,16). The van der Waals surface area contributed by atoms with Crippen LogP contribution in [-0.4, -0.2) is 50.6 Å². The Bertz CT molecular complexity index is 385. The minimum absolute atomic E-state index is 0.223. The fourth-order valence-corrected chi connectivity index (χ4v) is 1.18. The fraction of sp³-hybridized carbons (Fsp3) is 0.500. The van der Waals surface area contributed by atoms with Crippen molar-refractivity contribution in [2.75, 3.05) is 33.8 Å². The Balaban J connectivity index is 2.54. The van der Waals surface area contributed by atoms with Crippen molar-refractivity contribution in [3.05, 3.63) is 24.2 Å². The molecule has 0 saturated heterocycles. The number of amides is 1. The summed E-state index contributed by atoms with van der Waals surface area (Å²) in [6, 6.07) is 3.46. The van der Waals surface area contributed by atoms with Gasteiger partial charge in [0, 0.05) is 6.54 Å². The molecule has 0 aliphatic heterocycles. The van der Waals surface area contributed by atoms with E-state index in [0.717, 1.165) is 6.54 Å². The molecule has 1 rings (SSSR count). The van der Waals surface area contributed by atoms with Gasteiger partial charge < -0.3 is 14.1 Å². The molecule has 6 heteroatoms. The molecule has 6 nitrogen and oxygen atoms in total. The van der Waals surface area contributed by atoms with Crippen molar-refractivity contribution in [1.29, 1.82) is 0 Å². The minimum Gasteiger partial charge on any atom is -0.465 e. The molecule has 18 heavy (non-hydrogen) atoms. The Labute approximate surface area is 107 Å². The summed E-state index contributed by atoms with van der Waals surface area (Å²) in [4.78, 5) is 17.9. The molecule has 0 atom stereocenters. The third kappa shape index (κ3) is 5.01. The molecule has 0 aliphatic carbocycles. The Morgan fingerprint density at radius 1 is 1.56 bits per heavy atom. The number of furan rings is 1. The van der Waals surface area contributed by atoms with E-state index in [1.54, 1.807) is 12.1 Å². The number of likely N-dealkylation sites (N-methyl/N-ethyl adjacent to an activating group) is 1. The average molecular weight is 253 g/mol. The van der Waals surface area contributed by atoms with Gasteiger partial charge in [0.1, 0.15) is 0 Å². The summed E-state index contributed by atoms with van der Waals surface area (Å²) in [5.74, 6) is -0.132. The van der Waals surface area contributed by atoms with Crippen molar-refractivity contribution in [2.45, 2.75) is 6.92 Å². The van der Waals surface area contributed by atoms with E-state index in [4.69, 9.17) is 9.15 Å². The van der Waals surface area contributed by atoms with Gasteiger partial charge in [0.2, 0.25) is 0 Å². The number of aliphatic imine (C=N–C) groups is 1. The molecule has 100 valence electrons. The van der Waals surface area contributed by atoms with E-state index in [9.17, 15) is 4.79 Å². The van der Waals surface area contributed by atoms with Crippen molar-refractivity contribution >= 4 is 11.9 Å². The van der Waals surface area contributed by atoms with Crippen molar-refractivity contribution in [2.24, 2.45) is 4.99 Å². The van der Waals surface area contributed by atoms with Crippen molar-refractivity contribution in [3.63, 3.8) is 0 Å². The predicted octanol–water partition coefficient (Wildman–Crippen LogP) is 0.963. The number of hydrogen-bond acceptors (Lipinski definition) is 5. The highest BCUT2D eigenvalue weighted by molar-refractivity contribution is 6.02. The second-order valence-electron chi connectivity index (χ2n) is 3.85. The molecule has 0 aromatic carbocycles. The van der Waals surface area contributed by atoms with Crippen LogP contribution in [0, 0.1) is 0 Å². The second kappa shape index (κ2) is 7.50. The van der Waals surface area contributed by atoms with Crippen LogP contribution in [-0.2, 0) is 4.74 Å². The highest BCUT2D eigenvalue weighted by Gasteiger charge is 2.11. The van der Waals surface area contributed by atoms with Crippen molar-refractivity contribution in [3.8, 4) is 0 Å². The molecule has 0 spiro atoms. The third-order valence-electron chi connectivity index (χ3n) is 2.05. The molecule has 0 unspecified atom stereocenters. The van der Waals surface area contributed by atoms with Crippen LogP contribution in [0.25, 0.3) is 0 Å². The smallest absolute Gasteiger partial charge is 0.294 e. The first-order valence-electron chi connectivity index (χ1n) is 5.80. The molecule has 1 heterocycles. The number of rotatable bonds is 5. The van der Waals surface area contributed by atoms with Gasteiger partial charge in [0.15, 0.2) is 5.76 Å². The number of carbonyl (C=O) groups is 1. The Morgan fingerprint density at radius 2 is 2.33 bits per heavy atom. The van der Waals surface area contributed by atoms with Crippen molar-refractivity contribution in [1.82, 2.24) is 10.2 Å². The molecule has 1 aromatic rings. The zero-order valence-electron chi connectivity index (χ0n) is 11.0. The summed E-state index contributed by atoms with van der Waals surface area (Å²) in [7, 11) is 3.91. The van der Waals surface area contributed by atoms with E-state index in [-0.39, 0.29) is 17.7 Å². The lowest BCUT2D eigenvalue weighted by Gasteiger charge is -2.10. The summed E-state index contributed by atoms with van der Waals surface area (Å²) in [6.45, 7) is 3.62. The zero-order chi connectivity index (χ0) is 13.4. The van der Waals surface area contributed by atoms with Gasteiger partial charge >= 0.3 is 0 Å². The summed E-state index contributed by atoms with van der Waals surface area (Å²) in [6.07, 6.45) is 1.44. The third-order valence-corrected chi connectivity index (χ3v) is 2.05. The highest BCUT2D eigenvalue weighted by atomic mass is 16.5. The predicted molar refractivity (Wildman–Crippen MR) is 68.7 cm³/mol. The van der Waals surface area contributed by atoms with E-state index >= 15 is 0 Å². The first kappa shape index (κ1) is 14.2. The van der Waals surface area contributed by atoms with Crippen LogP contribution in [0.5, 0.6) is 0 Å². The molecular formula is C12H19N3O3. The summed E-state index contributed by atoms with van der Waals surface area (Å²) < 4.78 is 10.2. The molecule has 1 amide bonds. The first-order chi connectivity index (χ1) is 8.63. The Morgan fingerprint density at radius 3 is 2.89 bits per heavy atom. The van der Waals surface area contributed by atoms with Gasteiger partial charge in [0.05, 0.1) is 19.4 Å². The van der Waals surface area contributed by atoms with Gasteiger partial charge in [-0.15, -0.1) is 0 Å². The summed E-state index contributed by atoms with van der Waals surface area (Å²) in [5.41, 5.74) is 0. The van der Waals surface area contributed by atoms with Gasteiger partial charge in [0.25, 0.3) is 11.9 Å². The first-order valence-corrected chi connectivity index (χ1v) is 5.80. The van der Waals surface area contributed by atoms with Gasteiger partial charge in [-0.2, -0.15) is 0 Å². The Kier molecular flexibility index (Phi) is 5.93. The lowest BCUT2D eigenvalue weighted by Crippen LogP contribution is -2.33. The van der Waals surface area contributed by atoms with Crippen LogP contribution < -0.4 is 5.32 Å². The molecular weight excluding hydrogens is 234 g/mol. The van der Waals surface area contributed by atoms with E-state index in [0.29, 0.717) is 13.2 Å². The number of ether oxygens (including phenoxy) is 1. The molecule has 0 fully saturated rings. The number of hydrogen-bond donors (Lipinski definition) is 1. The molecule has 0 bridgehead atoms. The zero-order valence-corrected chi connectivity index (χ0v) is 11.0. The lowest BCUT2D eigenvalue weighted by molar-refractivity contribution is 0.0939. The maximum atomic E-state index is 11.7. The van der Waals surface area contributed by atoms with Crippen LogP contribution in [0.3, 0.4) is 0 Å². The monoisotopic (exact) mass is 253 g/mol. The summed E-state index contributed by atoms with van der Waals surface area (Å²) in [5, 5.41) is 2.57. The van der Waals surface area contributed by atoms with Crippen LogP contribution in [0.2, 0.25) is 0 Å². The SMILES string of the molecule is CCOC(=NCCN(C)C)NC(=O)c1ccco1. The maximum absolute atomic E-state index is 11.7. The van der Waals surface area contributed by atoms with E-state index in [1.807, 2.05) is 25.9 Å². The number of nitrogens with one attached hydrogen (secondary N) is 1. The minimum atomic E-state index is -0.364. The molecule has 0 aliphatic rings. The number of carbonyl (C=O) groups excluding carboxylic acids is 1. The van der Waals surface area contributed by atoms with Gasteiger partial charge in [-0.1, -0.05) is 0 Å². The van der Waals surface area contributed by atoms with Gasteiger partial charge in [-0.25, -0.2) is 4.99 Å². The maximum Gasteiger partial charge on any atom is 0.294 e. The van der Waals surface area contributed by atoms with Crippen LogP contribution in [0.15, 0.2) is 27.8 Å². The van der Waals surface area contributed by atoms with E-state index in [1.165, 1.54) is 6.26 Å². The second-order valence-corrected chi connectivity index (χ2v) is 3.85. The average Bonchev–Trinajstić information content (AvgIpc) is 2.82. The van der Waals surface area contributed by atoms with Gasteiger partial charge in [-0.05, 0) is 33.2 Å². The summed E-state index contributed by atoms with van der Waals surface area (Å²) >= 11 is 0. The fourth-order valence-electron chi connectivity index (χ4n) is 1.18. The molecule has 0 radical (unpaired) electrons. The number of amidine groups is 1. The van der Waals surface area contributed by atoms with E-state index < -0.39 is 0 Å². The molecule has 0 saturated carbocycles. The molecule has 1 aromatic heterocycles. The lowest BCUT2D eigenvalue weighted by atomic mass is 10.4. The quantitative estimate of drug-likeness (QED) is 0.627. The van der Waals surface area contributed by atoms with Crippen LogP contribution in [0.4, 0.5) is 0 Å². The van der Waals surface area contributed by atoms with E-state index in [2.05, 4.69) is 10.3 Å². The van der Waals surface area contributed by atoms with Crippen LogP contribution in [0.1, 0.15) is 17.5 Å². The largest absolute Gasteiger partial charge is 0.465 e. The van der Waals surface area contributed by atoms with Crippen molar-refractivity contribution < 1.29 is 13.9 Å². The normalized spacial score (nSPS) is 11.7. The highest BCUT2D eigenvalue weighted by Crippen LogP contribution is 1.99. The Hall–Kier alpha value is -1.82. The van der Waals surface area contributed by atoms with Gasteiger partial charge in [-0.3, -0.25) is 10.1 Å².